The number of oxazole rings is 1. The van der Waals surface area contributed by atoms with E-state index in [2.05, 4.69) is 10.1 Å². The number of fused-ring (bicyclic) bond motifs is 6. The van der Waals surface area contributed by atoms with Gasteiger partial charge in [-0.25, -0.2) is 4.98 Å². The van der Waals surface area contributed by atoms with Crippen molar-refractivity contribution >= 4 is 34.3 Å². The van der Waals surface area contributed by atoms with Crippen molar-refractivity contribution in [2.75, 3.05) is 27.3 Å². The van der Waals surface area contributed by atoms with Crippen molar-refractivity contribution in [3.05, 3.63) is 30.2 Å². The van der Waals surface area contributed by atoms with Gasteiger partial charge in [0.2, 0.25) is 0 Å². The molecule has 306 valence electrons. The third kappa shape index (κ3) is 9.30. The number of carbonyl (C=O) groups is 3. The topological polar surface area (TPSA) is 189 Å². The molecule has 3 aliphatic heterocycles. The van der Waals surface area contributed by atoms with Gasteiger partial charge in [-0.05, 0) is 78.7 Å². The number of aliphatic hydroxyl groups excluding tert-OH is 1. The number of benzene rings is 1. The number of aromatic nitrogens is 1. The maximum atomic E-state index is 14.4. The van der Waals surface area contributed by atoms with Crippen molar-refractivity contribution in [2.45, 2.75) is 135 Å². The molecule has 2 bridgehead atoms. The number of ketones is 2. The number of carbonyl (C=O) groups excluding carboxylic acids is 3. The zero-order valence-electron chi connectivity index (χ0n) is 33.7. The summed E-state index contributed by atoms with van der Waals surface area (Å²) in [5.41, 5.74) is -0.927. The number of esters is 1. The highest BCUT2D eigenvalue weighted by atomic mass is 16.7. The summed E-state index contributed by atoms with van der Waals surface area (Å²) in [5.74, 6) is -5.44. The first-order valence-electron chi connectivity index (χ1n) is 19.3. The lowest BCUT2D eigenvalue weighted by atomic mass is 9.74. The molecule has 1 aromatic heterocycles. The molecule has 0 amide bonds. The Balaban J connectivity index is 1.60. The van der Waals surface area contributed by atoms with Crippen molar-refractivity contribution in [1.29, 1.82) is 0 Å². The first-order valence-corrected chi connectivity index (χ1v) is 19.3. The Kier molecular flexibility index (Phi) is 13.6. The molecule has 3 fully saturated rings. The third-order valence-corrected chi connectivity index (χ3v) is 11.6. The Bertz CT molecular complexity index is 1690. The van der Waals surface area contributed by atoms with Gasteiger partial charge >= 0.3 is 5.97 Å². The molecule has 3 saturated heterocycles. The fraction of sp³-hybridized carbons (Fsp3) is 0.725. The van der Waals surface area contributed by atoms with E-state index >= 15 is 0 Å². The number of hydrogen-bond acceptors (Lipinski definition) is 15. The molecule has 4 heterocycles. The molecular weight excluding hydrogens is 714 g/mol. The zero-order chi connectivity index (χ0) is 40.4. The fourth-order valence-corrected chi connectivity index (χ4v) is 8.39. The predicted molar refractivity (Wildman–Crippen MR) is 200 cm³/mol. The van der Waals surface area contributed by atoms with Gasteiger partial charge < -0.3 is 48.1 Å². The minimum atomic E-state index is -1.87. The van der Waals surface area contributed by atoms with Crippen LogP contribution in [0, 0.1) is 23.7 Å². The first kappa shape index (κ1) is 42.8. The molecule has 2 N–H and O–H groups in total. The molecule has 0 unspecified atom stereocenters. The summed E-state index contributed by atoms with van der Waals surface area (Å²) < 4.78 is 37.2. The molecule has 15 nitrogen and oxygen atoms in total. The van der Waals surface area contributed by atoms with Crippen LogP contribution < -0.4 is 0 Å². The van der Waals surface area contributed by atoms with Gasteiger partial charge in [-0.15, -0.1) is 0 Å². The molecule has 2 aromatic rings. The standard InChI is InChI=1S/C40H59N3O12/c1-11-31-40(8,48)36-23(4)32(44)21(2)16-39(7,51-19-27(18-49-36)42-52-17-26-12-13-30-28(15-26)41-20-50-30)35(24(5)33(45)25(6)37(47)54-31)55-38-34(46)29(43(9)10)14-22(3)53-38/h12-13,15,20-25,29,31,34-36,38,46,48H,11,14,16-19H2,1-10H3/b42-27+/t21-,22-,23+,24+,25-,29+,31-,34-,35-,36+,38+,39-,40-/m1/s1. The van der Waals surface area contributed by atoms with E-state index in [9.17, 15) is 24.6 Å². The van der Waals surface area contributed by atoms with Crippen LogP contribution in [-0.4, -0.2) is 125 Å². The van der Waals surface area contributed by atoms with Crippen LogP contribution in [0.25, 0.3) is 11.1 Å². The van der Waals surface area contributed by atoms with Gasteiger partial charge in [0, 0.05) is 23.8 Å². The smallest absolute Gasteiger partial charge is 0.316 e. The van der Waals surface area contributed by atoms with Crippen LogP contribution in [0.4, 0.5) is 0 Å². The summed E-state index contributed by atoms with van der Waals surface area (Å²) in [6.07, 6.45) is -3.88. The molecule has 15 heteroatoms. The minimum Gasteiger partial charge on any atom is -0.459 e. The minimum absolute atomic E-state index is 0.0602. The molecule has 0 radical (unpaired) electrons. The highest BCUT2D eigenvalue weighted by molar-refractivity contribution is 6.00. The number of hydrogen-bond donors (Lipinski definition) is 2. The highest BCUT2D eigenvalue weighted by Gasteiger charge is 2.53. The Labute approximate surface area is 323 Å². The van der Waals surface area contributed by atoms with Crippen molar-refractivity contribution in [1.82, 2.24) is 9.88 Å². The average Bonchev–Trinajstić information content (AvgIpc) is 3.61. The number of nitrogens with zero attached hydrogens (tertiary/aromatic N) is 3. The Hall–Kier alpha value is -3.31. The van der Waals surface area contributed by atoms with Crippen LogP contribution in [0.2, 0.25) is 0 Å². The van der Waals surface area contributed by atoms with Crippen LogP contribution in [0.3, 0.4) is 0 Å². The lowest BCUT2D eigenvalue weighted by molar-refractivity contribution is -0.296. The predicted octanol–water partition coefficient (Wildman–Crippen LogP) is 3.84. The quantitative estimate of drug-likeness (QED) is 0.235. The second kappa shape index (κ2) is 17.5. The summed E-state index contributed by atoms with van der Waals surface area (Å²) in [5, 5.41) is 28.1. The van der Waals surface area contributed by atoms with Crippen LogP contribution in [0.1, 0.15) is 80.2 Å². The van der Waals surface area contributed by atoms with Gasteiger partial charge in [-0.3, -0.25) is 14.4 Å². The van der Waals surface area contributed by atoms with E-state index in [1.165, 1.54) is 20.2 Å². The summed E-state index contributed by atoms with van der Waals surface area (Å²) in [7, 11) is 3.72. The SMILES string of the molecule is CC[C@H]1OC(=O)[C@H](C)C(=O)[C@H](C)[C@@H](O[C@@H]2O[C@H](C)C[C@H](N(C)C)[C@H]2O)[C@@]2(C)C[C@@H](C)C(=O)[C@H](C)[C@H](OC/C(=N\OCc3ccc4ocnc4c3)CO2)[C@]1(C)O. The largest absolute Gasteiger partial charge is 0.459 e. The summed E-state index contributed by atoms with van der Waals surface area (Å²) in [6, 6.07) is 5.12. The third-order valence-electron chi connectivity index (χ3n) is 11.6. The summed E-state index contributed by atoms with van der Waals surface area (Å²) >= 11 is 0. The number of oxime groups is 1. The Morgan fingerprint density at radius 3 is 2.45 bits per heavy atom. The molecule has 55 heavy (non-hydrogen) atoms. The molecule has 3 aliphatic rings. The normalized spacial score (nSPS) is 39.4. The van der Waals surface area contributed by atoms with E-state index in [1.54, 1.807) is 40.7 Å². The van der Waals surface area contributed by atoms with Gasteiger partial charge in [0.05, 0.1) is 37.1 Å². The summed E-state index contributed by atoms with van der Waals surface area (Å²) in [4.78, 5) is 54.3. The zero-order valence-corrected chi connectivity index (χ0v) is 33.7. The monoisotopic (exact) mass is 773 g/mol. The van der Waals surface area contributed by atoms with Gasteiger partial charge in [0.1, 0.15) is 47.3 Å². The average molecular weight is 774 g/mol. The van der Waals surface area contributed by atoms with Crippen LogP contribution in [0.5, 0.6) is 0 Å². The van der Waals surface area contributed by atoms with E-state index in [-0.39, 0.29) is 56.3 Å². The number of aliphatic hydroxyl groups is 2. The van der Waals surface area contributed by atoms with E-state index in [1.807, 2.05) is 38.1 Å². The lowest BCUT2D eigenvalue weighted by Crippen LogP contribution is -2.60. The van der Waals surface area contributed by atoms with Crippen LogP contribution >= 0.6 is 0 Å². The van der Waals surface area contributed by atoms with E-state index in [0.717, 1.165) is 5.56 Å². The van der Waals surface area contributed by atoms with E-state index in [0.29, 0.717) is 17.5 Å². The molecular formula is C40H59N3O12. The lowest BCUT2D eigenvalue weighted by Gasteiger charge is -2.47. The molecule has 13 atom stereocenters. The van der Waals surface area contributed by atoms with Crippen molar-refractivity contribution in [2.24, 2.45) is 28.8 Å². The molecule has 1 aromatic carbocycles. The van der Waals surface area contributed by atoms with Gasteiger partial charge in [0.15, 0.2) is 24.0 Å². The maximum Gasteiger partial charge on any atom is 0.316 e. The molecule has 0 spiro atoms. The summed E-state index contributed by atoms with van der Waals surface area (Å²) in [6.45, 7) is 13.0. The number of cyclic esters (lactones) is 1. The number of ether oxygens (including phenoxy) is 5. The van der Waals surface area contributed by atoms with Crippen molar-refractivity contribution < 1.29 is 57.5 Å². The van der Waals surface area contributed by atoms with Gasteiger partial charge in [-0.2, -0.15) is 0 Å². The van der Waals surface area contributed by atoms with Crippen LogP contribution in [-0.2, 0) is 49.5 Å². The number of Topliss-reactive ketones (excluding diaryl/α,β-unsaturated/α-hetero) is 2. The Morgan fingerprint density at radius 2 is 1.76 bits per heavy atom. The highest BCUT2D eigenvalue weighted by Crippen LogP contribution is 2.39. The molecule has 0 aliphatic carbocycles. The maximum absolute atomic E-state index is 14.4. The fourth-order valence-electron chi connectivity index (χ4n) is 8.39. The second-order valence-electron chi connectivity index (χ2n) is 16.3. The van der Waals surface area contributed by atoms with Crippen molar-refractivity contribution in [3.8, 4) is 0 Å². The molecule has 0 saturated carbocycles. The van der Waals surface area contributed by atoms with E-state index in [4.69, 9.17) is 32.9 Å². The first-order chi connectivity index (χ1) is 25.9. The number of rotatable bonds is 7. The van der Waals surface area contributed by atoms with Gasteiger partial charge in [0.25, 0.3) is 0 Å². The van der Waals surface area contributed by atoms with Crippen molar-refractivity contribution in [3.63, 3.8) is 0 Å². The Morgan fingerprint density at radius 1 is 1.04 bits per heavy atom. The van der Waals surface area contributed by atoms with Gasteiger partial charge in [-0.1, -0.05) is 38.9 Å². The van der Waals surface area contributed by atoms with Crippen LogP contribution in [0.15, 0.2) is 34.2 Å². The second-order valence-corrected chi connectivity index (χ2v) is 16.3. The number of likely N-dealkylation sites (N-methyl/N-ethyl adjacent to an activating group) is 1. The van der Waals surface area contributed by atoms with E-state index < -0.39 is 77.3 Å². The molecule has 5 rings (SSSR count).